The molecule has 0 bridgehead atoms. The first-order valence-electron chi connectivity index (χ1n) is 22.9. The summed E-state index contributed by atoms with van der Waals surface area (Å²) in [6.45, 7) is 0. The van der Waals surface area contributed by atoms with Gasteiger partial charge in [0.1, 0.15) is 0 Å². The van der Waals surface area contributed by atoms with E-state index in [-0.39, 0.29) is 29.0 Å². The van der Waals surface area contributed by atoms with Gasteiger partial charge in [0.05, 0.1) is 0 Å². The molecule has 2 aliphatic heterocycles. The van der Waals surface area contributed by atoms with Crippen molar-refractivity contribution in [2.24, 2.45) is 0 Å². The Morgan fingerprint density at radius 2 is 0.662 bits per heavy atom. The van der Waals surface area contributed by atoms with E-state index in [0.717, 1.165) is 89.8 Å². The molecule has 2 aliphatic rings. The van der Waals surface area contributed by atoms with Crippen LogP contribution in [0.3, 0.4) is 0 Å². The van der Waals surface area contributed by atoms with Gasteiger partial charge in [-0.15, -0.1) is 0 Å². The molecule has 11 aromatic carbocycles. The van der Waals surface area contributed by atoms with Gasteiger partial charge in [0.15, 0.2) is 0 Å². The van der Waals surface area contributed by atoms with E-state index in [9.17, 15) is 0 Å². The molecule has 0 radical (unpaired) electrons. The summed E-state index contributed by atoms with van der Waals surface area (Å²) < 4.78 is 19.5. The Bertz CT molecular complexity index is 3960. The normalized spacial score (nSPS) is 12.9. The summed E-state index contributed by atoms with van der Waals surface area (Å²) in [6.07, 6.45) is 0. The molecular weight excluding hydrogens is 963 g/mol. The summed E-state index contributed by atoms with van der Waals surface area (Å²) in [5.74, 6) is 3.37. The SMILES string of the molecule is c1ccc(-c2ccc3c(N4c5ccccc5Oc5cc6c(cc54)[se]c4ccccc46)c4cc(-c5ccccc5)ccc4c(N4c5ccccc5Oc5cc6c(cc54)[se]c4ccccc46)c3c2)cc1. The zero-order valence-corrected chi connectivity index (χ0v) is 39.7. The van der Waals surface area contributed by atoms with Gasteiger partial charge in [0.25, 0.3) is 0 Å². The molecule has 6 heteroatoms. The first-order valence-corrected chi connectivity index (χ1v) is 26.3. The van der Waals surface area contributed by atoms with Crippen molar-refractivity contribution >= 4 is 123 Å². The van der Waals surface area contributed by atoms with Gasteiger partial charge in [0, 0.05) is 0 Å². The number of hydrogen-bond acceptors (Lipinski definition) is 4. The third-order valence-electron chi connectivity index (χ3n) is 13.8. The molecule has 2 aromatic heterocycles. The summed E-state index contributed by atoms with van der Waals surface area (Å²) in [4.78, 5) is 5.01. The van der Waals surface area contributed by atoms with Crippen LogP contribution in [-0.4, -0.2) is 29.0 Å². The first-order chi connectivity index (χ1) is 33.7. The number of hydrogen-bond donors (Lipinski definition) is 0. The fraction of sp³-hybridized carbons (Fsp3) is 0. The third-order valence-corrected chi connectivity index (χ3v) is 18.5. The fourth-order valence-electron chi connectivity index (χ4n) is 10.7. The van der Waals surface area contributed by atoms with Crippen LogP contribution in [0, 0.1) is 0 Å². The predicted octanol–water partition coefficient (Wildman–Crippen LogP) is 17.2. The van der Waals surface area contributed by atoms with Gasteiger partial charge in [0.2, 0.25) is 0 Å². The Morgan fingerprint density at radius 1 is 0.250 bits per heavy atom. The van der Waals surface area contributed by atoms with E-state index in [1.54, 1.807) is 0 Å². The van der Waals surface area contributed by atoms with Crippen molar-refractivity contribution in [1.82, 2.24) is 0 Å². The number of benzene rings is 11. The average molecular weight is 999 g/mol. The van der Waals surface area contributed by atoms with E-state index < -0.39 is 0 Å². The van der Waals surface area contributed by atoms with Crippen molar-refractivity contribution in [2.75, 3.05) is 9.80 Å². The van der Waals surface area contributed by atoms with E-state index in [1.165, 1.54) is 49.7 Å². The molecule has 0 saturated heterocycles. The Morgan fingerprint density at radius 3 is 1.13 bits per heavy atom. The van der Waals surface area contributed by atoms with Crippen molar-refractivity contribution in [3.8, 4) is 45.3 Å². The number of anilines is 6. The number of nitrogens with zero attached hydrogens (tertiary/aromatic N) is 2. The second-order valence-electron chi connectivity index (χ2n) is 17.6. The van der Waals surface area contributed by atoms with Gasteiger partial charge < -0.3 is 0 Å². The summed E-state index contributed by atoms with van der Waals surface area (Å²) in [5.41, 5.74) is 11.0. The quantitative estimate of drug-likeness (QED) is 0.130. The van der Waals surface area contributed by atoms with Gasteiger partial charge in [-0.05, 0) is 0 Å². The second kappa shape index (κ2) is 14.8. The minimum atomic E-state index is 0.155. The van der Waals surface area contributed by atoms with Crippen LogP contribution in [0.5, 0.6) is 23.0 Å². The summed E-state index contributed by atoms with van der Waals surface area (Å²) >= 11 is 0.311. The molecule has 0 fully saturated rings. The Labute approximate surface area is 403 Å². The zero-order valence-electron chi connectivity index (χ0n) is 36.3. The second-order valence-corrected chi connectivity index (χ2v) is 22.1. The van der Waals surface area contributed by atoms with Gasteiger partial charge in [-0.2, -0.15) is 0 Å². The van der Waals surface area contributed by atoms with Gasteiger partial charge in [-0.25, -0.2) is 0 Å². The molecule has 0 aliphatic carbocycles. The number of para-hydroxylation sites is 4. The Balaban J connectivity index is 1.10. The number of rotatable bonds is 4. The summed E-state index contributed by atoms with van der Waals surface area (Å²) in [6, 6.07) is 80.0. The third kappa shape index (κ3) is 5.73. The zero-order chi connectivity index (χ0) is 44.5. The molecule has 13 aromatic rings. The topological polar surface area (TPSA) is 24.9 Å². The van der Waals surface area contributed by atoms with Gasteiger partial charge in [-0.1, -0.05) is 0 Å². The molecule has 0 atom stereocenters. The van der Waals surface area contributed by atoms with Crippen LogP contribution in [0.1, 0.15) is 0 Å². The maximum atomic E-state index is 6.97. The van der Waals surface area contributed by atoms with E-state index in [4.69, 9.17) is 9.47 Å². The molecule has 0 unspecified atom stereocenters. The molecule has 0 N–H and O–H groups in total. The van der Waals surface area contributed by atoms with Gasteiger partial charge in [-0.3, -0.25) is 0 Å². The Hall–Kier alpha value is -7.82. The average Bonchev–Trinajstić information content (AvgIpc) is 3.95. The van der Waals surface area contributed by atoms with Crippen molar-refractivity contribution in [1.29, 1.82) is 0 Å². The van der Waals surface area contributed by atoms with Crippen molar-refractivity contribution in [3.05, 3.63) is 218 Å². The van der Waals surface area contributed by atoms with E-state index >= 15 is 0 Å². The molecule has 68 heavy (non-hydrogen) atoms. The number of fused-ring (bicyclic) bond motifs is 12. The van der Waals surface area contributed by atoms with Crippen LogP contribution in [0.2, 0.25) is 0 Å². The fourth-order valence-corrected chi connectivity index (χ4v) is 15.4. The van der Waals surface area contributed by atoms with E-state index in [0.29, 0.717) is 0 Å². The molecule has 318 valence electrons. The van der Waals surface area contributed by atoms with Crippen LogP contribution in [0.15, 0.2) is 218 Å². The summed E-state index contributed by atoms with van der Waals surface area (Å²) in [7, 11) is 0. The molecular formula is C62H36N2O2Se2. The van der Waals surface area contributed by atoms with Gasteiger partial charge >= 0.3 is 406 Å². The van der Waals surface area contributed by atoms with Crippen LogP contribution >= 0.6 is 0 Å². The molecule has 0 saturated carbocycles. The molecule has 4 heterocycles. The predicted molar refractivity (Wildman–Crippen MR) is 286 cm³/mol. The monoisotopic (exact) mass is 1000 g/mol. The molecule has 0 spiro atoms. The Kier molecular flexibility index (Phi) is 8.36. The maximum absolute atomic E-state index is 6.97. The van der Waals surface area contributed by atoms with Crippen molar-refractivity contribution in [3.63, 3.8) is 0 Å². The van der Waals surface area contributed by atoms with Crippen molar-refractivity contribution < 1.29 is 9.47 Å². The van der Waals surface area contributed by atoms with Crippen LogP contribution in [0.25, 0.3) is 82.4 Å². The van der Waals surface area contributed by atoms with Crippen LogP contribution in [0.4, 0.5) is 34.1 Å². The molecule has 15 rings (SSSR count). The number of ether oxygens (including phenoxy) is 2. The molecule has 0 amide bonds. The van der Waals surface area contributed by atoms with Crippen molar-refractivity contribution in [2.45, 2.75) is 0 Å². The van der Waals surface area contributed by atoms with Crippen LogP contribution < -0.4 is 19.3 Å². The first kappa shape index (κ1) is 38.3. The standard InChI is InChI=1S/C62H36N2O2Se2/c1-3-15-37(16-4-1)39-27-29-43-47(31-39)61(63-49-21-9-11-23-53(49)65-55-33-45-41-19-7-13-25-57(41)67-59(45)35-51(55)63)44-30-28-40(38-17-5-2-6-18-38)32-48(44)62(43)64-50-22-10-12-24-54(50)66-56-34-46-42-20-8-14-26-58(42)68-60(46)36-52(56)64/h1-36H. The van der Waals surface area contributed by atoms with Crippen LogP contribution in [-0.2, 0) is 0 Å². The molecule has 4 nitrogen and oxygen atoms in total. The minimum absolute atomic E-state index is 0.155. The van der Waals surface area contributed by atoms with E-state index in [1.807, 2.05) is 0 Å². The summed E-state index contributed by atoms with van der Waals surface area (Å²) in [5, 5.41) is 9.70. The van der Waals surface area contributed by atoms with E-state index in [2.05, 4.69) is 228 Å².